The molecule has 0 aliphatic carbocycles. The number of benzene rings is 3. The molecule has 2 aliphatic heterocycles. The molecule has 2 heterocycles. The van der Waals surface area contributed by atoms with Crippen molar-refractivity contribution in [2.45, 2.75) is 44.0 Å². The van der Waals surface area contributed by atoms with Gasteiger partial charge in [0.05, 0.1) is 14.8 Å². The van der Waals surface area contributed by atoms with Crippen molar-refractivity contribution >= 4 is 53.9 Å². The molecular weight excluding hydrogens is 770 g/mol. The summed E-state index contributed by atoms with van der Waals surface area (Å²) in [6, 6.07) is 15.7. The van der Waals surface area contributed by atoms with Crippen molar-refractivity contribution in [1.29, 1.82) is 0 Å². The number of hydrogen-bond donors (Lipinski definition) is 2. The van der Waals surface area contributed by atoms with Crippen LogP contribution < -0.4 is 5.32 Å². The number of carbonyl (C=O) groups is 4. The Kier molecular flexibility index (Phi) is 14.2. The molecule has 1 N–H and O–H groups in total. The summed E-state index contributed by atoms with van der Waals surface area (Å²) in [5, 5.41) is 35.1. The van der Waals surface area contributed by atoms with E-state index in [2.05, 4.69) is 17.9 Å². The van der Waals surface area contributed by atoms with Crippen LogP contribution in [0.5, 0.6) is 0 Å². The molecule has 0 bridgehead atoms. The molecule has 21 heteroatoms. The number of rotatable bonds is 15. The number of hydrogen-bond acceptors (Lipinski definition) is 14. The summed E-state index contributed by atoms with van der Waals surface area (Å²) in [4.78, 5) is 88.2. The summed E-state index contributed by atoms with van der Waals surface area (Å²) in [6.45, 7) is 0.391. The molecule has 0 spiro atoms. The van der Waals surface area contributed by atoms with Crippen LogP contribution >= 0.6 is 12.6 Å². The standard InChI is InChI=1S/C36H39N7O13S/c44-33(32-17-31(57)20-40(32)36(47)56-23-26-5-11-30(12-6-26)43(52)53)38-15-13-27(18-38)19-39(35(46)55-22-25-3-9-29(10-4-25)42(50)51)16-14-37-34(45)54-21-24-1-7-28(8-2-24)41(48)49/h1-12,27,31-32,57H,13-23H2,(H,37,45)/t27-,31-,32-/m0/s1. The van der Waals surface area contributed by atoms with Gasteiger partial charge in [-0.1, -0.05) is 0 Å². The number of non-ortho nitro benzene ring substituents is 3. The quantitative estimate of drug-likeness (QED) is 0.0905. The Balaban J connectivity index is 1.16. The molecular formula is C36H39N7O13S. The van der Waals surface area contributed by atoms with Gasteiger partial charge in [-0.25, -0.2) is 14.4 Å². The van der Waals surface area contributed by atoms with Crippen LogP contribution in [0.3, 0.4) is 0 Å². The predicted molar refractivity (Wildman–Crippen MR) is 202 cm³/mol. The second-order valence-corrected chi connectivity index (χ2v) is 14.1. The number of thiol groups is 1. The summed E-state index contributed by atoms with van der Waals surface area (Å²) in [7, 11) is 0. The van der Waals surface area contributed by atoms with Crippen molar-refractivity contribution in [2.24, 2.45) is 5.92 Å². The molecule has 2 fully saturated rings. The lowest BCUT2D eigenvalue weighted by atomic mass is 10.1. The highest BCUT2D eigenvalue weighted by Crippen LogP contribution is 2.28. The van der Waals surface area contributed by atoms with E-state index in [1.807, 2.05) is 0 Å². The monoisotopic (exact) mass is 809 g/mol. The Morgan fingerprint density at radius 2 is 1.23 bits per heavy atom. The van der Waals surface area contributed by atoms with E-state index in [-0.39, 0.29) is 86.7 Å². The molecule has 20 nitrogen and oxygen atoms in total. The lowest BCUT2D eigenvalue weighted by Gasteiger charge is -2.28. The topological polar surface area (TPSA) is 247 Å². The van der Waals surface area contributed by atoms with Gasteiger partial charge in [-0.15, -0.1) is 0 Å². The molecule has 4 amide bonds. The van der Waals surface area contributed by atoms with E-state index in [4.69, 9.17) is 14.2 Å². The zero-order valence-electron chi connectivity index (χ0n) is 30.4. The summed E-state index contributed by atoms with van der Waals surface area (Å²) < 4.78 is 16.2. The maximum absolute atomic E-state index is 13.8. The molecule has 5 rings (SSSR count). The number of nitro groups is 3. The highest BCUT2D eigenvalue weighted by atomic mass is 32.1. The van der Waals surface area contributed by atoms with Crippen LogP contribution in [0.4, 0.5) is 31.4 Å². The number of nitro benzene ring substituents is 3. The number of likely N-dealkylation sites (tertiary alicyclic amines) is 2. The van der Waals surface area contributed by atoms with Crippen LogP contribution in [-0.2, 0) is 38.8 Å². The second-order valence-electron chi connectivity index (χ2n) is 13.3. The molecule has 3 aromatic carbocycles. The highest BCUT2D eigenvalue weighted by molar-refractivity contribution is 7.81. The van der Waals surface area contributed by atoms with Gasteiger partial charge in [-0.3, -0.25) is 40.0 Å². The first-order valence-electron chi connectivity index (χ1n) is 17.7. The average molecular weight is 810 g/mol. The lowest BCUT2D eigenvalue weighted by molar-refractivity contribution is -0.385. The van der Waals surface area contributed by atoms with Crippen molar-refractivity contribution < 1.29 is 48.2 Å². The third-order valence-electron chi connectivity index (χ3n) is 9.32. The lowest BCUT2D eigenvalue weighted by Crippen LogP contribution is -2.47. The van der Waals surface area contributed by atoms with E-state index in [0.29, 0.717) is 36.1 Å². The molecule has 2 aliphatic rings. The van der Waals surface area contributed by atoms with Gasteiger partial charge in [0.2, 0.25) is 5.91 Å². The first kappa shape index (κ1) is 41.6. The fourth-order valence-corrected chi connectivity index (χ4v) is 6.69. The maximum Gasteiger partial charge on any atom is 0.410 e. The SMILES string of the molecule is O=C(NCCN(C[C@H]1CCN(C(=O)[C@@H]2C[C@H](S)CN2C(=O)OCc2ccc([N+](=O)[O-])cc2)C1)C(=O)OCc1ccc([N+](=O)[O-])cc1)OCc1ccc([N+](=O)[O-])cc1. The largest absolute Gasteiger partial charge is 0.445 e. The molecule has 0 radical (unpaired) electrons. The Morgan fingerprint density at radius 3 is 1.74 bits per heavy atom. The van der Waals surface area contributed by atoms with E-state index in [1.54, 1.807) is 4.90 Å². The van der Waals surface area contributed by atoms with Gasteiger partial charge >= 0.3 is 18.3 Å². The Labute approximate surface area is 330 Å². The Hall–Kier alpha value is -6.51. The normalized spacial score (nSPS) is 17.4. The van der Waals surface area contributed by atoms with Crippen LogP contribution in [0.2, 0.25) is 0 Å². The number of carbonyl (C=O) groups excluding carboxylic acids is 4. The van der Waals surface area contributed by atoms with Gasteiger partial charge in [0, 0.05) is 80.9 Å². The highest BCUT2D eigenvalue weighted by Gasteiger charge is 2.43. The second kappa shape index (κ2) is 19.4. The fourth-order valence-electron chi connectivity index (χ4n) is 6.31. The van der Waals surface area contributed by atoms with E-state index in [1.165, 1.54) is 82.6 Å². The minimum Gasteiger partial charge on any atom is -0.445 e. The Bertz CT molecular complexity index is 1950. The first-order chi connectivity index (χ1) is 27.3. The summed E-state index contributed by atoms with van der Waals surface area (Å²) in [6.07, 6.45) is -1.43. The first-order valence-corrected chi connectivity index (χ1v) is 18.2. The minimum atomic E-state index is -0.834. The van der Waals surface area contributed by atoms with Crippen LogP contribution in [0.1, 0.15) is 29.5 Å². The average Bonchev–Trinajstić information content (AvgIpc) is 3.84. The molecule has 0 unspecified atom stereocenters. The smallest absolute Gasteiger partial charge is 0.410 e. The third kappa shape index (κ3) is 11.7. The van der Waals surface area contributed by atoms with E-state index >= 15 is 0 Å². The zero-order chi connectivity index (χ0) is 41.1. The van der Waals surface area contributed by atoms with Crippen molar-refractivity contribution in [3.63, 3.8) is 0 Å². The molecule has 2 saturated heterocycles. The summed E-state index contributed by atoms with van der Waals surface area (Å²) in [5.74, 6) is -0.503. The van der Waals surface area contributed by atoms with Gasteiger partial charge in [-0.05, 0) is 71.8 Å². The van der Waals surface area contributed by atoms with Gasteiger partial charge in [0.25, 0.3) is 17.1 Å². The number of amides is 4. The van der Waals surface area contributed by atoms with E-state index in [9.17, 15) is 49.5 Å². The zero-order valence-corrected chi connectivity index (χ0v) is 31.3. The van der Waals surface area contributed by atoms with Gasteiger partial charge in [0.15, 0.2) is 0 Å². The minimum absolute atomic E-state index is 0.00545. The van der Waals surface area contributed by atoms with E-state index in [0.717, 1.165) is 0 Å². The maximum atomic E-state index is 13.8. The molecule has 3 atom stereocenters. The molecule has 302 valence electrons. The predicted octanol–water partition coefficient (Wildman–Crippen LogP) is 4.83. The van der Waals surface area contributed by atoms with Crippen LogP contribution in [0, 0.1) is 36.3 Å². The van der Waals surface area contributed by atoms with Crippen LogP contribution in [0.15, 0.2) is 72.8 Å². The van der Waals surface area contributed by atoms with Crippen LogP contribution in [-0.4, -0.2) is 104 Å². The number of nitrogens with one attached hydrogen (secondary N) is 1. The number of ether oxygens (including phenoxy) is 3. The van der Waals surface area contributed by atoms with E-state index < -0.39 is 39.1 Å². The van der Waals surface area contributed by atoms with Crippen molar-refractivity contribution in [1.82, 2.24) is 20.0 Å². The van der Waals surface area contributed by atoms with Crippen molar-refractivity contribution in [3.8, 4) is 0 Å². The van der Waals surface area contributed by atoms with Gasteiger partial charge in [0.1, 0.15) is 25.9 Å². The van der Waals surface area contributed by atoms with Gasteiger partial charge in [-0.2, -0.15) is 12.6 Å². The van der Waals surface area contributed by atoms with Crippen LogP contribution in [0.25, 0.3) is 0 Å². The third-order valence-corrected chi connectivity index (χ3v) is 9.69. The molecule has 0 saturated carbocycles. The molecule has 57 heavy (non-hydrogen) atoms. The summed E-state index contributed by atoms with van der Waals surface area (Å²) >= 11 is 4.51. The fraction of sp³-hybridized carbons (Fsp3) is 0.389. The van der Waals surface area contributed by atoms with Gasteiger partial charge < -0.3 is 29.3 Å². The number of alkyl carbamates (subject to hydrolysis) is 1. The summed E-state index contributed by atoms with van der Waals surface area (Å²) in [5.41, 5.74) is 1.24. The molecule has 3 aromatic rings. The number of nitrogens with zero attached hydrogens (tertiary/aromatic N) is 6. The molecule has 0 aromatic heterocycles. The van der Waals surface area contributed by atoms with Crippen molar-refractivity contribution in [3.05, 3.63) is 120 Å². The van der Waals surface area contributed by atoms with Crippen molar-refractivity contribution in [2.75, 3.05) is 39.3 Å². The Morgan fingerprint density at radius 1 is 0.737 bits per heavy atom.